The molecule has 126 valence electrons. The largest absolute Gasteiger partial charge is 0.289 e. The quantitative estimate of drug-likeness (QED) is 0.484. The molecular formula is C17H11BrClFN4O. The number of rotatable bonds is 4. The first-order valence-electron chi connectivity index (χ1n) is 7.13. The number of aromatic amines is 1. The minimum atomic E-state index is -0.524. The Hall–Kier alpha value is -2.51. The van der Waals surface area contributed by atoms with Crippen molar-refractivity contribution >= 4 is 39.7 Å². The maximum Gasteiger partial charge on any atom is 0.289 e. The van der Waals surface area contributed by atoms with Crippen LogP contribution in [0.3, 0.4) is 0 Å². The van der Waals surface area contributed by atoms with Gasteiger partial charge in [0.2, 0.25) is 0 Å². The lowest BCUT2D eigenvalue weighted by Crippen LogP contribution is -2.18. The van der Waals surface area contributed by atoms with E-state index in [1.54, 1.807) is 6.07 Å². The second-order valence-electron chi connectivity index (χ2n) is 5.01. The second-order valence-corrected chi connectivity index (χ2v) is 6.33. The number of carbonyl (C=O) groups is 1. The highest BCUT2D eigenvalue weighted by atomic mass is 79.9. The number of hydrogen-bond donors (Lipinski definition) is 2. The van der Waals surface area contributed by atoms with E-state index in [1.807, 2.05) is 24.3 Å². The van der Waals surface area contributed by atoms with Gasteiger partial charge >= 0.3 is 0 Å². The highest BCUT2D eigenvalue weighted by Crippen LogP contribution is 2.20. The van der Waals surface area contributed by atoms with E-state index in [0.29, 0.717) is 5.69 Å². The Morgan fingerprint density at radius 3 is 2.76 bits per heavy atom. The molecular weight excluding hydrogens is 411 g/mol. The maximum atomic E-state index is 13.6. The first kappa shape index (κ1) is 17.3. The van der Waals surface area contributed by atoms with Crippen LogP contribution in [0.1, 0.15) is 16.1 Å². The molecule has 0 fully saturated rings. The van der Waals surface area contributed by atoms with E-state index >= 15 is 0 Å². The molecule has 0 aliphatic carbocycles. The van der Waals surface area contributed by atoms with Gasteiger partial charge in [0.05, 0.1) is 16.9 Å². The summed E-state index contributed by atoms with van der Waals surface area (Å²) < 4.78 is 14.6. The molecule has 1 aromatic heterocycles. The molecule has 3 aromatic rings. The van der Waals surface area contributed by atoms with Crippen LogP contribution in [-0.4, -0.2) is 22.3 Å². The number of hydrogen-bond acceptors (Lipinski definition) is 3. The number of benzene rings is 2. The molecule has 8 heteroatoms. The molecule has 0 spiro atoms. The van der Waals surface area contributed by atoms with Gasteiger partial charge in [-0.25, -0.2) is 9.82 Å². The standard InChI is InChI=1S/C17H11BrClFN4O/c18-11-6-4-10(5-7-11)15-8-16(23-22-15)17(25)24-21-9-12-13(19)2-1-3-14(12)20/h1-9H,(H,22,23)(H,24,25). The molecule has 0 radical (unpaired) electrons. The van der Waals surface area contributed by atoms with E-state index in [4.69, 9.17) is 11.6 Å². The Labute approximate surface area is 156 Å². The predicted molar refractivity (Wildman–Crippen MR) is 98.2 cm³/mol. The lowest BCUT2D eigenvalue weighted by Gasteiger charge is -1.99. The number of aromatic nitrogens is 2. The first-order chi connectivity index (χ1) is 12.0. The number of amides is 1. The highest BCUT2D eigenvalue weighted by molar-refractivity contribution is 9.10. The Bertz CT molecular complexity index is 920. The molecule has 5 nitrogen and oxygen atoms in total. The third kappa shape index (κ3) is 4.12. The van der Waals surface area contributed by atoms with Crippen molar-refractivity contribution in [3.8, 4) is 11.3 Å². The average molecular weight is 422 g/mol. The minimum Gasteiger partial charge on any atom is -0.272 e. The van der Waals surface area contributed by atoms with Gasteiger partial charge in [0, 0.05) is 15.6 Å². The van der Waals surface area contributed by atoms with Crippen molar-refractivity contribution in [1.29, 1.82) is 0 Å². The van der Waals surface area contributed by atoms with Crippen molar-refractivity contribution in [2.45, 2.75) is 0 Å². The third-order valence-electron chi connectivity index (χ3n) is 3.32. The highest BCUT2D eigenvalue weighted by Gasteiger charge is 2.10. The molecule has 0 saturated carbocycles. The predicted octanol–water partition coefficient (Wildman–Crippen LogP) is 4.40. The van der Waals surface area contributed by atoms with Gasteiger partial charge in [0.25, 0.3) is 5.91 Å². The molecule has 0 bridgehead atoms. The molecule has 0 atom stereocenters. The van der Waals surface area contributed by atoms with Gasteiger partial charge in [0.1, 0.15) is 11.5 Å². The van der Waals surface area contributed by atoms with Gasteiger partial charge in [0.15, 0.2) is 0 Å². The van der Waals surface area contributed by atoms with E-state index in [0.717, 1.165) is 16.3 Å². The summed E-state index contributed by atoms with van der Waals surface area (Å²) in [5, 5.41) is 10.7. The summed E-state index contributed by atoms with van der Waals surface area (Å²) in [4.78, 5) is 12.1. The number of H-pyrrole nitrogens is 1. The zero-order valence-corrected chi connectivity index (χ0v) is 15.0. The van der Waals surface area contributed by atoms with E-state index in [9.17, 15) is 9.18 Å². The van der Waals surface area contributed by atoms with Gasteiger partial charge in [-0.15, -0.1) is 0 Å². The average Bonchev–Trinajstić information content (AvgIpc) is 3.08. The lowest BCUT2D eigenvalue weighted by molar-refractivity contribution is 0.0950. The summed E-state index contributed by atoms with van der Waals surface area (Å²) in [6.45, 7) is 0. The van der Waals surface area contributed by atoms with E-state index < -0.39 is 11.7 Å². The fourth-order valence-corrected chi connectivity index (χ4v) is 2.53. The molecule has 2 aromatic carbocycles. The van der Waals surface area contributed by atoms with Crippen LogP contribution < -0.4 is 5.43 Å². The van der Waals surface area contributed by atoms with Crippen molar-refractivity contribution in [1.82, 2.24) is 15.6 Å². The molecule has 1 amide bonds. The topological polar surface area (TPSA) is 70.1 Å². The Balaban J connectivity index is 1.70. The van der Waals surface area contributed by atoms with E-state index in [1.165, 1.54) is 18.2 Å². The summed E-state index contributed by atoms with van der Waals surface area (Å²) in [5.74, 6) is -1.02. The van der Waals surface area contributed by atoms with Crippen molar-refractivity contribution in [3.63, 3.8) is 0 Å². The summed E-state index contributed by atoms with van der Waals surface area (Å²) >= 11 is 9.24. The summed E-state index contributed by atoms with van der Waals surface area (Å²) in [5.41, 5.74) is 4.12. The number of carbonyl (C=O) groups excluding carboxylic acids is 1. The second kappa shape index (κ2) is 7.58. The van der Waals surface area contributed by atoms with Crippen LogP contribution in [0.4, 0.5) is 4.39 Å². The van der Waals surface area contributed by atoms with Gasteiger partial charge < -0.3 is 0 Å². The summed E-state index contributed by atoms with van der Waals surface area (Å²) in [6, 6.07) is 13.4. The van der Waals surface area contributed by atoms with Crippen molar-refractivity contribution in [2.24, 2.45) is 5.10 Å². The number of halogens is 3. The molecule has 2 N–H and O–H groups in total. The monoisotopic (exact) mass is 420 g/mol. The van der Waals surface area contributed by atoms with Gasteiger partial charge in [-0.2, -0.15) is 10.2 Å². The van der Waals surface area contributed by atoms with Gasteiger partial charge in [-0.3, -0.25) is 9.89 Å². The maximum absolute atomic E-state index is 13.6. The summed E-state index contributed by atoms with van der Waals surface area (Å²) in [7, 11) is 0. The molecule has 1 heterocycles. The number of nitrogens with one attached hydrogen (secondary N) is 2. The molecule has 0 saturated heterocycles. The van der Waals surface area contributed by atoms with Crippen LogP contribution in [0.5, 0.6) is 0 Å². The third-order valence-corrected chi connectivity index (χ3v) is 4.18. The molecule has 25 heavy (non-hydrogen) atoms. The smallest absolute Gasteiger partial charge is 0.272 e. The zero-order chi connectivity index (χ0) is 17.8. The molecule has 0 aliphatic heterocycles. The van der Waals surface area contributed by atoms with Crippen LogP contribution in [-0.2, 0) is 0 Å². The van der Waals surface area contributed by atoms with Crippen LogP contribution in [0.2, 0.25) is 5.02 Å². The minimum absolute atomic E-state index is 0.102. The van der Waals surface area contributed by atoms with Gasteiger partial charge in [-0.05, 0) is 30.3 Å². The van der Waals surface area contributed by atoms with Gasteiger partial charge in [-0.1, -0.05) is 45.7 Å². The van der Waals surface area contributed by atoms with Crippen molar-refractivity contribution < 1.29 is 9.18 Å². The lowest BCUT2D eigenvalue weighted by atomic mass is 10.1. The van der Waals surface area contributed by atoms with Crippen LogP contribution in [0.15, 0.2) is 58.1 Å². The number of nitrogens with zero attached hydrogens (tertiary/aromatic N) is 2. The fraction of sp³-hybridized carbons (Fsp3) is 0. The van der Waals surface area contributed by atoms with Crippen LogP contribution in [0.25, 0.3) is 11.3 Å². The Kier molecular flexibility index (Phi) is 5.25. The summed E-state index contributed by atoms with van der Waals surface area (Å²) in [6.07, 6.45) is 1.15. The van der Waals surface area contributed by atoms with E-state index in [-0.39, 0.29) is 16.3 Å². The van der Waals surface area contributed by atoms with Crippen LogP contribution in [0, 0.1) is 5.82 Å². The molecule has 0 unspecified atom stereocenters. The fourth-order valence-electron chi connectivity index (χ4n) is 2.06. The first-order valence-corrected chi connectivity index (χ1v) is 8.30. The zero-order valence-electron chi connectivity index (χ0n) is 12.6. The van der Waals surface area contributed by atoms with Crippen molar-refractivity contribution in [3.05, 3.63) is 75.1 Å². The normalized spacial score (nSPS) is 11.0. The van der Waals surface area contributed by atoms with Crippen LogP contribution >= 0.6 is 27.5 Å². The van der Waals surface area contributed by atoms with E-state index in [2.05, 4.69) is 36.7 Å². The number of hydrazone groups is 1. The SMILES string of the molecule is O=C(NN=Cc1c(F)cccc1Cl)c1cc(-c2ccc(Br)cc2)n[nH]1. The molecule has 3 rings (SSSR count). The Morgan fingerprint density at radius 2 is 2.04 bits per heavy atom. The molecule has 0 aliphatic rings. The Morgan fingerprint density at radius 1 is 1.28 bits per heavy atom. The van der Waals surface area contributed by atoms with Crippen molar-refractivity contribution in [2.75, 3.05) is 0 Å².